The molecule has 192 valence electrons. The van der Waals surface area contributed by atoms with E-state index in [9.17, 15) is 19.2 Å². The van der Waals surface area contributed by atoms with E-state index >= 15 is 0 Å². The Bertz CT molecular complexity index is 1270. The zero-order valence-electron chi connectivity index (χ0n) is 20.8. The van der Waals surface area contributed by atoms with E-state index in [0.29, 0.717) is 36.5 Å². The zero-order chi connectivity index (χ0) is 26.0. The highest BCUT2D eigenvalue weighted by molar-refractivity contribution is 5.95. The van der Waals surface area contributed by atoms with E-state index in [1.54, 1.807) is 12.0 Å². The highest BCUT2D eigenvalue weighted by Crippen LogP contribution is 2.29. The number of hydrogen-bond acceptors (Lipinski definition) is 7. The number of fused-ring (bicyclic) bond motifs is 1. The minimum absolute atomic E-state index is 0.110. The van der Waals surface area contributed by atoms with Crippen LogP contribution < -0.4 is 16.0 Å². The maximum Gasteiger partial charge on any atom is 0.270 e. The summed E-state index contributed by atoms with van der Waals surface area (Å²) in [6.45, 7) is 0.655. The standard InChI is InChI=1S/C29H32N4O4/c34-15-13-23(17-22-12-14-30-27(22)18-35)31-28(19-36)26(16-20-6-2-1-3-7-20)33-29(37)25-11-10-21-8-4-5-9-24(21)32-25/h4-5,8-11,13,20,22-23,26,30-31H,1-3,6-7,12,14,16-17H2,(H,33,37)/t22-,23+,26-/m0/s1. The van der Waals surface area contributed by atoms with Gasteiger partial charge in [-0.1, -0.05) is 56.4 Å². The van der Waals surface area contributed by atoms with Gasteiger partial charge >= 0.3 is 0 Å². The second-order valence-electron chi connectivity index (χ2n) is 9.87. The molecule has 0 spiro atoms. The van der Waals surface area contributed by atoms with Crippen LogP contribution in [0.1, 0.15) is 61.9 Å². The molecule has 37 heavy (non-hydrogen) atoms. The first-order valence-electron chi connectivity index (χ1n) is 13.0. The smallest absolute Gasteiger partial charge is 0.270 e. The van der Waals surface area contributed by atoms with Gasteiger partial charge in [-0.25, -0.2) is 19.4 Å². The minimum atomic E-state index is -0.619. The molecule has 1 aromatic heterocycles. The molecular weight excluding hydrogens is 468 g/mol. The van der Waals surface area contributed by atoms with Crippen molar-refractivity contribution >= 4 is 34.6 Å². The number of aromatic nitrogens is 1. The lowest BCUT2D eigenvalue weighted by atomic mass is 9.84. The van der Waals surface area contributed by atoms with Crippen LogP contribution in [-0.2, 0) is 14.4 Å². The predicted octanol–water partition coefficient (Wildman–Crippen LogP) is 3.08. The van der Waals surface area contributed by atoms with Crippen molar-refractivity contribution in [1.82, 2.24) is 20.9 Å². The fourth-order valence-corrected chi connectivity index (χ4v) is 5.41. The fourth-order valence-electron chi connectivity index (χ4n) is 5.41. The molecule has 1 aromatic carbocycles. The molecule has 2 heterocycles. The van der Waals surface area contributed by atoms with Crippen molar-refractivity contribution in [3.63, 3.8) is 0 Å². The summed E-state index contributed by atoms with van der Waals surface area (Å²) in [5.41, 5.74) is 1.62. The average Bonchev–Trinajstić information content (AvgIpc) is 3.38. The second-order valence-corrected chi connectivity index (χ2v) is 9.87. The number of hydrogen-bond donors (Lipinski definition) is 3. The first kappa shape index (κ1) is 26.1. The lowest BCUT2D eigenvalue weighted by Gasteiger charge is -2.29. The van der Waals surface area contributed by atoms with E-state index in [4.69, 9.17) is 0 Å². The number of para-hydroxylation sites is 1. The summed E-state index contributed by atoms with van der Waals surface area (Å²) >= 11 is 0. The molecule has 2 aliphatic rings. The molecular formula is C29H32N4O4. The molecule has 1 saturated heterocycles. The molecule has 4 rings (SSSR count). The average molecular weight is 501 g/mol. The lowest BCUT2D eigenvalue weighted by Crippen LogP contribution is -2.45. The number of allylic oxidation sites excluding steroid dienone is 1. The number of nitrogens with one attached hydrogen (secondary N) is 3. The molecule has 8 heteroatoms. The Labute approximate surface area is 216 Å². The molecule has 1 saturated carbocycles. The predicted molar refractivity (Wildman–Crippen MR) is 141 cm³/mol. The van der Waals surface area contributed by atoms with Gasteiger partial charge in [-0.3, -0.25) is 4.79 Å². The largest absolute Gasteiger partial charge is 0.379 e. The van der Waals surface area contributed by atoms with Crippen molar-refractivity contribution in [2.45, 2.75) is 63.5 Å². The van der Waals surface area contributed by atoms with Gasteiger partial charge in [0.15, 0.2) is 0 Å². The quantitative estimate of drug-likeness (QED) is 0.429. The van der Waals surface area contributed by atoms with Crippen LogP contribution >= 0.6 is 0 Å². The van der Waals surface area contributed by atoms with Gasteiger partial charge in [-0.15, -0.1) is 0 Å². The van der Waals surface area contributed by atoms with Crippen LogP contribution in [0.15, 0.2) is 53.9 Å². The summed E-state index contributed by atoms with van der Waals surface area (Å²) in [6.07, 6.45) is 8.53. The number of carbonyl (C=O) groups is 1. The molecule has 3 atom stereocenters. The topological polar surface area (TPSA) is 117 Å². The van der Waals surface area contributed by atoms with E-state index in [1.807, 2.05) is 42.2 Å². The normalized spacial score (nSPS) is 19.0. The lowest BCUT2D eigenvalue weighted by molar-refractivity contribution is 0.0930. The summed E-state index contributed by atoms with van der Waals surface area (Å²) in [5, 5.41) is 10.1. The molecule has 1 aliphatic carbocycles. The fraction of sp³-hybridized carbons (Fsp3) is 0.448. The molecule has 0 radical (unpaired) electrons. The first-order chi connectivity index (χ1) is 18.1. The number of benzene rings is 1. The molecule has 1 amide bonds. The van der Waals surface area contributed by atoms with Crippen LogP contribution in [0.2, 0.25) is 0 Å². The third kappa shape index (κ3) is 6.84. The number of rotatable bonds is 10. The third-order valence-electron chi connectivity index (χ3n) is 7.36. The Hall–Kier alpha value is -3.95. The SMILES string of the molecule is O=C=C[C@H](C[C@@H]1CCNC1=C=O)NC(=C=O)[C@H](CC1CCCCC1)NC(=O)c1ccc2ccccc2n1. The van der Waals surface area contributed by atoms with Crippen molar-refractivity contribution in [3.05, 3.63) is 59.6 Å². The van der Waals surface area contributed by atoms with Gasteiger partial charge in [0.1, 0.15) is 29.2 Å². The Kier molecular flexibility index (Phi) is 9.07. The minimum Gasteiger partial charge on any atom is -0.379 e. The Morgan fingerprint density at radius 3 is 2.59 bits per heavy atom. The van der Waals surface area contributed by atoms with Crippen LogP contribution in [0.4, 0.5) is 0 Å². The maximum absolute atomic E-state index is 13.3. The highest BCUT2D eigenvalue weighted by atomic mass is 16.2. The van der Waals surface area contributed by atoms with Crippen molar-refractivity contribution in [1.29, 1.82) is 0 Å². The van der Waals surface area contributed by atoms with Crippen molar-refractivity contribution in [2.24, 2.45) is 11.8 Å². The van der Waals surface area contributed by atoms with E-state index < -0.39 is 12.1 Å². The number of carbonyl (C=O) groups excluding carboxylic acids is 4. The van der Waals surface area contributed by atoms with Gasteiger partial charge < -0.3 is 16.0 Å². The van der Waals surface area contributed by atoms with Gasteiger partial charge in [-0.2, -0.15) is 0 Å². The summed E-state index contributed by atoms with van der Waals surface area (Å²) in [6, 6.07) is 9.91. The maximum atomic E-state index is 13.3. The van der Waals surface area contributed by atoms with Crippen LogP contribution in [0.3, 0.4) is 0 Å². The van der Waals surface area contributed by atoms with E-state index in [-0.39, 0.29) is 23.2 Å². The summed E-state index contributed by atoms with van der Waals surface area (Å²) in [4.78, 5) is 52.5. The van der Waals surface area contributed by atoms with Gasteiger partial charge in [0, 0.05) is 23.9 Å². The third-order valence-corrected chi connectivity index (χ3v) is 7.36. The van der Waals surface area contributed by atoms with Crippen molar-refractivity contribution < 1.29 is 19.2 Å². The summed E-state index contributed by atoms with van der Waals surface area (Å²) in [7, 11) is 0. The second kappa shape index (κ2) is 12.8. The van der Waals surface area contributed by atoms with Crippen LogP contribution in [-0.4, -0.2) is 47.3 Å². The zero-order valence-corrected chi connectivity index (χ0v) is 20.8. The Morgan fingerprint density at radius 1 is 1.03 bits per heavy atom. The van der Waals surface area contributed by atoms with Gasteiger partial charge in [-0.05, 0) is 37.3 Å². The molecule has 8 nitrogen and oxygen atoms in total. The molecule has 3 N–H and O–H groups in total. The number of nitrogens with zero attached hydrogens (tertiary/aromatic N) is 1. The molecule has 0 bridgehead atoms. The van der Waals surface area contributed by atoms with Gasteiger partial charge in [0.25, 0.3) is 5.91 Å². The monoisotopic (exact) mass is 500 g/mol. The van der Waals surface area contributed by atoms with Crippen molar-refractivity contribution in [3.8, 4) is 0 Å². The van der Waals surface area contributed by atoms with Crippen LogP contribution in [0.25, 0.3) is 10.9 Å². The van der Waals surface area contributed by atoms with Gasteiger partial charge in [0.2, 0.25) is 0 Å². The van der Waals surface area contributed by atoms with E-state index in [0.717, 1.165) is 37.5 Å². The summed E-state index contributed by atoms with van der Waals surface area (Å²) < 4.78 is 0. The molecule has 1 aliphatic heterocycles. The van der Waals surface area contributed by atoms with Crippen LogP contribution in [0.5, 0.6) is 0 Å². The first-order valence-corrected chi connectivity index (χ1v) is 13.0. The molecule has 2 aromatic rings. The van der Waals surface area contributed by atoms with Gasteiger partial charge in [0.05, 0.1) is 23.3 Å². The Morgan fingerprint density at radius 2 is 1.84 bits per heavy atom. The Balaban J connectivity index is 1.54. The molecule has 0 unspecified atom stereocenters. The number of pyridine rings is 1. The van der Waals surface area contributed by atoms with Crippen molar-refractivity contribution in [2.75, 3.05) is 6.54 Å². The molecule has 2 fully saturated rings. The van der Waals surface area contributed by atoms with E-state index in [2.05, 4.69) is 20.9 Å². The summed E-state index contributed by atoms with van der Waals surface area (Å²) in [5.74, 6) is 5.59. The van der Waals surface area contributed by atoms with E-state index in [1.165, 1.54) is 12.5 Å². The highest BCUT2D eigenvalue weighted by Gasteiger charge is 2.29. The van der Waals surface area contributed by atoms with Crippen LogP contribution in [0, 0.1) is 11.8 Å². The number of amides is 1.